The lowest BCUT2D eigenvalue weighted by molar-refractivity contribution is 0.107. The third-order valence-electron chi connectivity index (χ3n) is 3.01. The number of ether oxygens (including phenoxy) is 1. The third-order valence-corrected chi connectivity index (χ3v) is 3.01. The van der Waals surface area contributed by atoms with Crippen LogP contribution in [-0.4, -0.2) is 0 Å². The van der Waals surface area contributed by atoms with E-state index < -0.39 is 0 Å². The van der Waals surface area contributed by atoms with Crippen molar-refractivity contribution in [3.8, 4) is 0 Å². The van der Waals surface area contributed by atoms with Crippen LogP contribution in [0.4, 0.5) is 5.69 Å². The molecule has 2 aromatic rings. The monoisotopic (exact) mass is 241 g/mol. The molecule has 2 rings (SSSR count). The molecular formula is C16H19NO. The molecule has 0 unspecified atom stereocenters. The van der Waals surface area contributed by atoms with Crippen molar-refractivity contribution in [1.29, 1.82) is 0 Å². The molecule has 0 aliphatic carbocycles. The fourth-order valence-electron chi connectivity index (χ4n) is 1.85. The summed E-state index contributed by atoms with van der Waals surface area (Å²) in [6, 6.07) is 14.2. The number of rotatable bonds is 4. The second-order valence-electron chi connectivity index (χ2n) is 4.66. The zero-order chi connectivity index (χ0) is 13.0. The molecule has 0 bridgehead atoms. The van der Waals surface area contributed by atoms with Crippen LogP contribution in [0.1, 0.15) is 22.3 Å². The standard InChI is InChI=1S/C16H19NO/c1-12-3-4-13(2)15(9-12)11-18-10-14-5-7-16(17)8-6-14/h3-9H,10-11,17H2,1-2H3. The topological polar surface area (TPSA) is 35.2 Å². The molecule has 0 heterocycles. The fraction of sp³-hybridized carbons (Fsp3) is 0.250. The van der Waals surface area contributed by atoms with Crippen molar-refractivity contribution in [3.05, 3.63) is 64.7 Å². The summed E-state index contributed by atoms with van der Waals surface area (Å²) in [5.74, 6) is 0. The largest absolute Gasteiger partial charge is 0.399 e. The second-order valence-corrected chi connectivity index (χ2v) is 4.66. The van der Waals surface area contributed by atoms with Crippen LogP contribution in [-0.2, 0) is 18.0 Å². The summed E-state index contributed by atoms with van der Waals surface area (Å²) in [7, 11) is 0. The Morgan fingerprint density at radius 3 is 2.39 bits per heavy atom. The average molecular weight is 241 g/mol. The Balaban J connectivity index is 1.92. The van der Waals surface area contributed by atoms with Gasteiger partial charge in [0.1, 0.15) is 0 Å². The Morgan fingerprint density at radius 2 is 1.67 bits per heavy atom. The number of nitrogens with two attached hydrogens (primary N) is 1. The van der Waals surface area contributed by atoms with E-state index in [1.807, 2.05) is 24.3 Å². The molecule has 0 spiro atoms. The van der Waals surface area contributed by atoms with E-state index in [1.54, 1.807) is 0 Å². The number of nitrogen functional groups attached to an aromatic ring is 1. The average Bonchev–Trinajstić information content (AvgIpc) is 2.36. The van der Waals surface area contributed by atoms with E-state index in [2.05, 4.69) is 32.0 Å². The quantitative estimate of drug-likeness (QED) is 0.830. The van der Waals surface area contributed by atoms with Crippen molar-refractivity contribution in [2.75, 3.05) is 5.73 Å². The smallest absolute Gasteiger partial charge is 0.0724 e. The van der Waals surface area contributed by atoms with Crippen LogP contribution in [0.3, 0.4) is 0 Å². The van der Waals surface area contributed by atoms with E-state index in [0.29, 0.717) is 13.2 Å². The molecule has 2 N–H and O–H groups in total. The zero-order valence-electron chi connectivity index (χ0n) is 10.9. The van der Waals surface area contributed by atoms with E-state index in [0.717, 1.165) is 11.3 Å². The van der Waals surface area contributed by atoms with Crippen molar-refractivity contribution in [3.63, 3.8) is 0 Å². The van der Waals surface area contributed by atoms with E-state index in [1.165, 1.54) is 16.7 Å². The van der Waals surface area contributed by atoms with Gasteiger partial charge in [-0.2, -0.15) is 0 Å². The van der Waals surface area contributed by atoms with Crippen molar-refractivity contribution < 1.29 is 4.74 Å². The van der Waals surface area contributed by atoms with Crippen molar-refractivity contribution in [1.82, 2.24) is 0 Å². The fourth-order valence-corrected chi connectivity index (χ4v) is 1.85. The van der Waals surface area contributed by atoms with Gasteiger partial charge in [-0.3, -0.25) is 0 Å². The van der Waals surface area contributed by atoms with E-state index in [4.69, 9.17) is 10.5 Å². The van der Waals surface area contributed by atoms with Gasteiger partial charge >= 0.3 is 0 Å². The van der Waals surface area contributed by atoms with Crippen LogP contribution in [0.15, 0.2) is 42.5 Å². The SMILES string of the molecule is Cc1ccc(C)c(COCc2ccc(N)cc2)c1. The Hall–Kier alpha value is -1.80. The first kappa shape index (κ1) is 12.7. The first-order chi connectivity index (χ1) is 8.65. The molecule has 2 aromatic carbocycles. The molecule has 2 heteroatoms. The predicted octanol–water partition coefficient (Wildman–Crippen LogP) is 3.60. The van der Waals surface area contributed by atoms with E-state index in [-0.39, 0.29) is 0 Å². The van der Waals surface area contributed by atoms with Gasteiger partial charge in [-0.05, 0) is 42.7 Å². The maximum Gasteiger partial charge on any atom is 0.0724 e. The molecule has 0 fully saturated rings. The minimum atomic E-state index is 0.619. The number of hydrogen-bond acceptors (Lipinski definition) is 2. The number of anilines is 1. The molecule has 0 atom stereocenters. The van der Waals surface area contributed by atoms with Gasteiger partial charge in [-0.1, -0.05) is 35.9 Å². The third kappa shape index (κ3) is 3.34. The van der Waals surface area contributed by atoms with Crippen molar-refractivity contribution >= 4 is 5.69 Å². The van der Waals surface area contributed by atoms with Crippen LogP contribution in [0.25, 0.3) is 0 Å². The van der Waals surface area contributed by atoms with Crippen LogP contribution in [0, 0.1) is 13.8 Å². The van der Waals surface area contributed by atoms with E-state index >= 15 is 0 Å². The molecule has 2 nitrogen and oxygen atoms in total. The molecular weight excluding hydrogens is 222 g/mol. The van der Waals surface area contributed by atoms with Gasteiger partial charge in [0.05, 0.1) is 13.2 Å². The summed E-state index contributed by atoms with van der Waals surface area (Å²) in [5.41, 5.74) is 11.4. The van der Waals surface area contributed by atoms with Gasteiger partial charge in [0, 0.05) is 5.69 Å². The highest BCUT2D eigenvalue weighted by Gasteiger charge is 1.99. The minimum absolute atomic E-state index is 0.619. The Bertz CT molecular complexity index is 517. The maximum atomic E-state index is 5.74. The van der Waals surface area contributed by atoms with Crippen LogP contribution in [0.5, 0.6) is 0 Å². The summed E-state index contributed by atoms with van der Waals surface area (Å²) in [4.78, 5) is 0. The summed E-state index contributed by atoms with van der Waals surface area (Å²) in [6.07, 6.45) is 0. The van der Waals surface area contributed by atoms with Gasteiger partial charge in [0.2, 0.25) is 0 Å². The lowest BCUT2D eigenvalue weighted by atomic mass is 10.1. The molecule has 0 saturated carbocycles. The van der Waals surface area contributed by atoms with Gasteiger partial charge in [0.15, 0.2) is 0 Å². The lowest BCUT2D eigenvalue weighted by Gasteiger charge is -2.08. The van der Waals surface area contributed by atoms with Crippen LogP contribution in [0.2, 0.25) is 0 Å². The van der Waals surface area contributed by atoms with Gasteiger partial charge < -0.3 is 10.5 Å². The molecule has 0 saturated heterocycles. The Morgan fingerprint density at radius 1 is 0.944 bits per heavy atom. The first-order valence-corrected chi connectivity index (χ1v) is 6.13. The van der Waals surface area contributed by atoms with Crippen LogP contribution < -0.4 is 5.73 Å². The molecule has 18 heavy (non-hydrogen) atoms. The lowest BCUT2D eigenvalue weighted by Crippen LogP contribution is -1.97. The van der Waals surface area contributed by atoms with Gasteiger partial charge in [0.25, 0.3) is 0 Å². The molecule has 94 valence electrons. The number of aryl methyl sites for hydroxylation is 2. The Kier molecular flexibility index (Phi) is 4.00. The van der Waals surface area contributed by atoms with Gasteiger partial charge in [-0.15, -0.1) is 0 Å². The normalized spacial score (nSPS) is 10.6. The minimum Gasteiger partial charge on any atom is -0.399 e. The highest BCUT2D eigenvalue weighted by molar-refractivity contribution is 5.39. The summed E-state index contributed by atoms with van der Waals surface area (Å²) in [6.45, 7) is 5.48. The summed E-state index contributed by atoms with van der Waals surface area (Å²) >= 11 is 0. The maximum absolute atomic E-state index is 5.74. The molecule has 0 aliphatic rings. The Labute approximate surface area is 108 Å². The number of hydrogen-bond donors (Lipinski definition) is 1. The number of benzene rings is 2. The highest BCUT2D eigenvalue weighted by atomic mass is 16.5. The molecule has 0 radical (unpaired) electrons. The second kappa shape index (κ2) is 5.69. The first-order valence-electron chi connectivity index (χ1n) is 6.13. The van der Waals surface area contributed by atoms with Crippen LogP contribution >= 0.6 is 0 Å². The molecule has 0 aromatic heterocycles. The van der Waals surface area contributed by atoms with Gasteiger partial charge in [-0.25, -0.2) is 0 Å². The summed E-state index contributed by atoms with van der Waals surface area (Å²) in [5, 5.41) is 0. The van der Waals surface area contributed by atoms with E-state index in [9.17, 15) is 0 Å². The highest BCUT2D eigenvalue weighted by Crippen LogP contribution is 2.13. The molecule has 0 aliphatic heterocycles. The predicted molar refractivity (Wildman–Crippen MR) is 75.3 cm³/mol. The van der Waals surface area contributed by atoms with Crippen molar-refractivity contribution in [2.24, 2.45) is 0 Å². The molecule has 0 amide bonds. The van der Waals surface area contributed by atoms with Crippen molar-refractivity contribution in [2.45, 2.75) is 27.1 Å². The zero-order valence-corrected chi connectivity index (χ0v) is 10.9. The summed E-state index contributed by atoms with van der Waals surface area (Å²) < 4.78 is 5.74.